The second-order valence-corrected chi connectivity index (χ2v) is 5.26. The SMILES string of the molecule is CCC(OC(=O)CCCC(=O)OCC(F)(F)C(F)F)C(C)C. The maximum Gasteiger partial charge on any atom is 0.340 e. The van der Waals surface area contributed by atoms with Crippen LogP contribution in [0.15, 0.2) is 0 Å². The van der Waals surface area contributed by atoms with E-state index in [4.69, 9.17) is 4.74 Å². The molecule has 0 radical (unpaired) electrons. The van der Waals surface area contributed by atoms with Crippen LogP contribution in [0, 0.1) is 5.92 Å². The molecule has 0 fully saturated rings. The Labute approximate surface area is 127 Å². The molecule has 22 heavy (non-hydrogen) atoms. The first kappa shape index (κ1) is 20.7. The molecule has 0 amide bonds. The molecule has 0 rings (SSSR count). The van der Waals surface area contributed by atoms with Crippen LogP contribution in [-0.4, -0.2) is 37.0 Å². The third-order valence-electron chi connectivity index (χ3n) is 2.94. The number of hydrogen-bond acceptors (Lipinski definition) is 4. The highest BCUT2D eigenvalue weighted by atomic mass is 19.3. The topological polar surface area (TPSA) is 52.6 Å². The lowest BCUT2D eigenvalue weighted by Gasteiger charge is -2.19. The van der Waals surface area contributed by atoms with Gasteiger partial charge >= 0.3 is 24.3 Å². The Morgan fingerprint density at radius 2 is 1.64 bits per heavy atom. The number of hydrogen-bond donors (Lipinski definition) is 0. The molecule has 0 aliphatic rings. The first-order chi connectivity index (χ1) is 10.1. The summed E-state index contributed by atoms with van der Waals surface area (Å²) in [7, 11) is 0. The Balaban J connectivity index is 3.96. The number of rotatable bonds is 10. The summed E-state index contributed by atoms with van der Waals surface area (Å²) < 4.78 is 58.0. The lowest BCUT2D eigenvalue weighted by atomic mass is 10.1. The third kappa shape index (κ3) is 8.19. The van der Waals surface area contributed by atoms with Gasteiger partial charge in [0.25, 0.3) is 0 Å². The van der Waals surface area contributed by atoms with Crippen LogP contribution in [0.3, 0.4) is 0 Å². The van der Waals surface area contributed by atoms with Gasteiger partial charge in [-0.25, -0.2) is 8.78 Å². The molecular weight excluding hydrogens is 308 g/mol. The summed E-state index contributed by atoms with van der Waals surface area (Å²) in [5.74, 6) is -5.74. The number of ether oxygens (including phenoxy) is 2. The summed E-state index contributed by atoms with van der Waals surface area (Å²) in [4.78, 5) is 22.6. The summed E-state index contributed by atoms with van der Waals surface area (Å²) in [6.07, 6.45) is -3.78. The van der Waals surface area contributed by atoms with Gasteiger partial charge in [0.05, 0.1) is 0 Å². The zero-order chi connectivity index (χ0) is 17.3. The first-order valence-corrected chi connectivity index (χ1v) is 7.11. The maximum absolute atomic E-state index is 12.5. The van der Waals surface area contributed by atoms with Gasteiger partial charge in [-0.2, -0.15) is 8.78 Å². The first-order valence-electron chi connectivity index (χ1n) is 7.11. The fourth-order valence-electron chi connectivity index (χ4n) is 1.61. The molecule has 0 N–H and O–H groups in total. The van der Waals surface area contributed by atoms with E-state index in [1.807, 2.05) is 20.8 Å². The van der Waals surface area contributed by atoms with Crippen LogP contribution in [0.5, 0.6) is 0 Å². The smallest absolute Gasteiger partial charge is 0.340 e. The van der Waals surface area contributed by atoms with E-state index in [1.54, 1.807) is 0 Å². The number of esters is 2. The van der Waals surface area contributed by atoms with Crippen molar-refractivity contribution in [2.24, 2.45) is 5.92 Å². The Bertz CT molecular complexity index is 359. The number of halogens is 4. The predicted molar refractivity (Wildman–Crippen MR) is 70.8 cm³/mol. The van der Waals surface area contributed by atoms with Crippen LogP contribution < -0.4 is 0 Å². The largest absolute Gasteiger partial charge is 0.462 e. The molecule has 0 aliphatic heterocycles. The average Bonchev–Trinajstić information content (AvgIpc) is 2.42. The van der Waals surface area contributed by atoms with Gasteiger partial charge in [0.2, 0.25) is 0 Å². The van der Waals surface area contributed by atoms with Crippen LogP contribution in [0.4, 0.5) is 17.6 Å². The van der Waals surface area contributed by atoms with Crippen molar-refractivity contribution in [2.75, 3.05) is 6.61 Å². The molecule has 0 aromatic rings. The molecule has 1 atom stereocenters. The summed E-state index contributed by atoms with van der Waals surface area (Å²) in [6.45, 7) is 4.02. The van der Waals surface area contributed by atoms with Crippen molar-refractivity contribution >= 4 is 11.9 Å². The fraction of sp³-hybridized carbons (Fsp3) is 0.857. The standard InChI is InChI=1S/C14H22F4O4/c1-4-10(9(2)3)22-12(20)7-5-6-11(19)21-8-14(17,18)13(15)16/h9-10,13H,4-8H2,1-3H3. The van der Waals surface area contributed by atoms with E-state index in [9.17, 15) is 27.2 Å². The van der Waals surface area contributed by atoms with Gasteiger partial charge < -0.3 is 9.47 Å². The number of carbonyl (C=O) groups is 2. The van der Waals surface area contributed by atoms with E-state index in [0.717, 1.165) is 0 Å². The van der Waals surface area contributed by atoms with E-state index in [1.165, 1.54) is 0 Å². The Kier molecular flexibility index (Phi) is 9.04. The average molecular weight is 330 g/mol. The van der Waals surface area contributed by atoms with Crippen LogP contribution in [0.1, 0.15) is 46.5 Å². The van der Waals surface area contributed by atoms with Crippen molar-refractivity contribution in [3.8, 4) is 0 Å². The number of alkyl halides is 4. The van der Waals surface area contributed by atoms with Crippen molar-refractivity contribution in [1.82, 2.24) is 0 Å². The van der Waals surface area contributed by atoms with Crippen LogP contribution >= 0.6 is 0 Å². The molecule has 0 saturated carbocycles. The van der Waals surface area contributed by atoms with Crippen LogP contribution in [-0.2, 0) is 19.1 Å². The molecule has 8 heteroatoms. The molecule has 0 spiro atoms. The Morgan fingerprint density at radius 1 is 1.09 bits per heavy atom. The monoisotopic (exact) mass is 330 g/mol. The highest BCUT2D eigenvalue weighted by Crippen LogP contribution is 2.23. The van der Waals surface area contributed by atoms with Gasteiger partial charge in [0.15, 0.2) is 6.61 Å². The van der Waals surface area contributed by atoms with Crippen molar-refractivity contribution in [3.63, 3.8) is 0 Å². The van der Waals surface area contributed by atoms with Crippen molar-refractivity contribution < 1.29 is 36.6 Å². The zero-order valence-corrected chi connectivity index (χ0v) is 12.9. The predicted octanol–water partition coefficient (Wildman–Crippen LogP) is 3.58. The van der Waals surface area contributed by atoms with E-state index in [0.29, 0.717) is 6.42 Å². The molecule has 0 saturated heterocycles. The summed E-state index contributed by atoms with van der Waals surface area (Å²) in [5.41, 5.74) is 0. The second-order valence-electron chi connectivity index (χ2n) is 5.26. The summed E-state index contributed by atoms with van der Waals surface area (Å²) in [5, 5.41) is 0. The minimum atomic E-state index is -4.36. The molecule has 1 unspecified atom stereocenters. The highest BCUT2D eigenvalue weighted by molar-refractivity contribution is 5.72. The number of carbonyl (C=O) groups excluding carboxylic acids is 2. The lowest BCUT2D eigenvalue weighted by molar-refractivity contribution is -0.179. The molecule has 0 aromatic carbocycles. The quantitative estimate of drug-likeness (QED) is 0.454. The van der Waals surface area contributed by atoms with E-state index in [-0.39, 0.29) is 31.3 Å². The van der Waals surface area contributed by atoms with Gasteiger partial charge in [-0.15, -0.1) is 0 Å². The minimum Gasteiger partial charge on any atom is -0.462 e. The van der Waals surface area contributed by atoms with E-state index in [2.05, 4.69) is 4.74 Å². The van der Waals surface area contributed by atoms with E-state index < -0.39 is 30.9 Å². The summed E-state index contributed by atoms with van der Waals surface area (Å²) >= 11 is 0. The second kappa shape index (κ2) is 9.63. The van der Waals surface area contributed by atoms with Gasteiger partial charge in [-0.1, -0.05) is 20.8 Å². The Hall–Kier alpha value is -1.34. The van der Waals surface area contributed by atoms with Crippen LogP contribution in [0.25, 0.3) is 0 Å². The van der Waals surface area contributed by atoms with Crippen molar-refractivity contribution in [2.45, 2.75) is 64.9 Å². The summed E-state index contributed by atoms with van der Waals surface area (Å²) in [6, 6.07) is 0. The fourth-order valence-corrected chi connectivity index (χ4v) is 1.61. The minimum absolute atomic E-state index is 0.0481. The van der Waals surface area contributed by atoms with Gasteiger partial charge in [0.1, 0.15) is 6.10 Å². The van der Waals surface area contributed by atoms with Gasteiger partial charge in [-0.05, 0) is 18.8 Å². The molecule has 0 aromatic heterocycles. The Morgan fingerprint density at radius 3 is 2.09 bits per heavy atom. The van der Waals surface area contributed by atoms with Gasteiger partial charge in [0, 0.05) is 12.8 Å². The lowest BCUT2D eigenvalue weighted by Crippen LogP contribution is -2.33. The maximum atomic E-state index is 12.5. The normalized spacial score (nSPS) is 13.3. The molecule has 130 valence electrons. The molecule has 4 nitrogen and oxygen atoms in total. The van der Waals surface area contributed by atoms with Crippen molar-refractivity contribution in [1.29, 1.82) is 0 Å². The highest BCUT2D eigenvalue weighted by Gasteiger charge is 2.42. The third-order valence-corrected chi connectivity index (χ3v) is 2.94. The van der Waals surface area contributed by atoms with Crippen LogP contribution in [0.2, 0.25) is 0 Å². The van der Waals surface area contributed by atoms with E-state index >= 15 is 0 Å². The molecule has 0 heterocycles. The molecule has 0 aliphatic carbocycles. The van der Waals surface area contributed by atoms with Gasteiger partial charge in [-0.3, -0.25) is 9.59 Å². The molecular formula is C14H22F4O4. The zero-order valence-electron chi connectivity index (χ0n) is 12.9. The van der Waals surface area contributed by atoms with Crippen molar-refractivity contribution in [3.05, 3.63) is 0 Å². The molecule has 0 bridgehead atoms.